The van der Waals surface area contributed by atoms with Gasteiger partial charge in [-0.25, -0.2) is 14.5 Å². The van der Waals surface area contributed by atoms with Crippen LogP contribution in [0.3, 0.4) is 0 Å². The average Bonchev–Trinajstić information content (AvgIpc) is 2.87. The number of carboxylic acid groups (broad SMARTS) is 1. The molecule has 2 heterocycles. The lowest BCUT2D eigenvalue weighted by Crippen LogP contribution is -2.10. The zero-order chi connectivity index (χ0) is 13.1. The van der Waals surface area contributed by atoms with E-state index in [0.29, 0.717) is 0 Å². The lowest BCUT2D eigenvalue weighted by atomic mass is 10.2. The molecule has 0 saturated carbocycles. The van der Waals surface area contributed by atoms with Crippen LogP contribution in [0, 0.1) is 0 Å². The summed E-state index contributed by atoms with van der Waals surface area (Å²) < 4.78 is 1.31. The first-order valence-corrected chi connectivity index (χ1v) is 5.67. The number of carboxylic acids is 1. The minimum absolute atomic E-state index is 0.0452. The molecule has 18 heavy (non-hydrogen) atoms. The summed E-state index contributed by atoms with van der Waals surface area (Å²) in [6.45, 7) is 3.97. The van der Waals surface area contributed by atoms with Crippen LogP contribution < -0.4 is 0 Å². The fourth-order valence-corrected chi connectivity index (χ4v) is 1.57. The van der Waals surface area contributed by atoms with Gasteiger partial charge in [-0.05, 0) is 18.9 Å². The lowest BCUT2D eigenvalue weighted by molar-refractivity contribution is 0.0690. The van der Waals surface area contributed by atoms with Crippen LogP contribution in [0.25, 0.3) is 5.95 Å². The van der Waals surface area contributed by atoms with Crippen LogP contribution >= 0.6 is 0 Å². The number of aryl methyl sites for hydroxylation is 2. The van der Waals surface area contributed by atoms with Crippen LogP contribution in [0.1, 0.15) is 35.7 Å². The summed E-state index contributed by atoms with van der Waals surface area (Å²) in [5, 5.41) is 20.7. The largest absolute Gasteiger partial charge is 0.476 e. The van der Waals surface area contributed by atoms with E-state index in [4.69, 9.17) is 5.11 Å². The summed E-state index contributed by atoms with van der Waals surface area (Å²) in [5.41, 5.74) is 1.66. The number of rotatable bonds is 4. The molecule has 0 radical (unpaired) electrons. The maximum absolute atomic E-state index is 10.7. The molecule has 0 aromatic carbocycles. The molecule has 0 aliphatic heterocycles. The number of hydrogen-bond donors (Lipinski definition) is 1. The van der Waals surface area contributed by atoms with E-state index in [-0.39, 0.29) is 11.6 Å². The number of hydrogen-bond acceptors (Lipinski definition) is 5. The molecule has 94 valence electrons. The van der Waals surface area contributed by atoms with Crippen LogP contribution in [-0.2, 0) is 12.8 Å². The molecule has 2 aromatic rings. The SMILES string of the molecule is CCc1nnc(-n2ccc(C(=O)O)n2)nc1CC. The lowest BCUT2D eigenvalue weighted by Gasteiger charge is -2.04. The normalized spacial score (nSPS) is 10.6. The summed E-state index contributed by atoms with van der Waals surface area (Å²) in [6, 6.07) is 1.39. The second-order valence-electron chi connectivity index (χ2n) is 3.66. The second-order valence-corrected chi connectivity index (χ2v) is 3.66. The first kappa shape index (κ1) is 12.2. The van der Waals surface area contributed by atoms with Gasteiger partial charge < -0.3 is 5.11 Å². The topological polar surface area (TPSA) is 93.8 Å². The summed E-state index contributed by atoms with van der Waals surface area (Å²) in [6.07, 6.45) is 3.02. The molecular formula is C11H13N5O2. The smallest absolute Gasteiger partial charge is 0.356 e. The molecule has 1 N–H and O–H groups in total. The highest BCUT2D eigenvalue weighted by atomic mass is 16.4. The number of aromatic nitrogens is 5. The van der Waals surface area contributed by atoms with Crippen molar-refractivity contribution in [2.45, 2.75) is 26.7 Å². The van der Waals surface area contributed by atoms with E-state index in [1.807, 2.05) is 13.8 Å². The molecule has 0 saturated heterocycles. The van der Waals surface area contributed by atoms with Crippen molar-refractivity contribution >= 4 is 5.97 Å². The van der Waals surface area contributed by atoms with Gasteiger partial charge in [0.25, 0.3) is 5.95 Å². The predicted molar refractivity (Wildman–Crippen MR) is 62.7 cm³/mol. The van der Waals surface area contributed by atoms with Crippen LogP contribution in [-0.4, -0.2) is 36.0 Å². The molecule has 0 amide bonds. The second kappa shape index (κ2) is 4.91. The van der Waals surface area contributed by atoms with Crippen molar-refractivity contribution < 1.29 is 9.90 Å². The van der Waals surface area contributed by atoms with Gasteiger partial charge in [0.05, 0.1) is 11.4 Å². The molecule has 0 fully saturated rings. The third-order valence-electron chi connectivity index (χ3n) is 2.51. The summed E-state index contributed by atoms with van der Waals surface area (Å²) in [7, 11) is 0. The van der Waals surface area contributed by atoms with E-state index in [1.165, 1.54) is 16.9 Å². The van der Waals surface area contributed by atoms with E-state index in [9.17, 15) is 4.79 Å². The Kier molecular flexibility index (Phi) is 3.31. The Morgan fingerprint density at radius 2 is 2.00 bits per heavy atom. The Bertz CT molecular complexity index is 579. The third-order valence-corrected chi connectivity index (χ3v) is 2.51. The molecule has 2 rings (SSSR count). The summed E-state index contributed by atoms with van der Waals surface area (Å²) >= 11 is 0. The van der Waals surface area contributed by atoms with Crippen molar-refractivity contribution in [3.63, 3.8) is 0 Å². The van der Waals surface area contributed by atoms with E-state index in [1.54, 1.807) is 0 Å². The van der Waals surface area contributed by atoms with Crippen molar-refractivity contribution in [1.29, 1.82) is 0 Å². The number of aromatic carboxylic acids is 1. The van der Waals surface area contributed by atoms with E-state index in [2.05, 4.69) is 20.3 Å². The predicted octanol–water partition coefficient (Wildman–Crippen LogP) is 0.880. The monoisotopic (exact) mass is 247 g/mol. The van der Waals surface area contributed by atoms with E-state index >= 15 is 0 Å². The first-order chi connectivity index (χ1) is 8.65. The minimum Gasteiger partial charge on any atom is -0.476 e. The molecule has 0 spiro atoms. The van der Waals surface area contributed by atoms with Crippen molar-refractivity contribution in [2.24, 2.45) is 0 Å². The fraction of sp³-hybridized carbons (Fsp3) is 0.364. The number of nitrogens with zero attached hydrogens (tertiary/aromatic N) is 5. The minimum atomic E-state index is -1.08. The highest BCUT2D eigenvalue weighted by Crippen LogP contribution is 2.07. The van der Waals surface area contributed by atoms with Crippen LogP contribution in [0.2, 0.25) is 0 Å². The van der Waals surface area contributed by atoms with Crippen molar-refractivity contribution in [1.82, 2.24) is 25.0 Å². The van der Waals surface area contributed by atoms with Crippen molar-refractivity contribution in [3.05, 3.63) is 29.3 Å². The van der Waals surface area contributed by atoms with Gasteiger partial charge in [-0.15, -0.1) is 10.2 Å². The maximum Gasteiger partial charge on any atom is 0.356 e. The third kappa shape index (κ3) is 2.20. The highest BCUT2D eigenvalue weighted by Gasteiger charge is 2.11. The average molecular weight is 247 g/mol. The van der Waals surface area contributed by atoms with Gasteiger partial charge >= 0.3 is 5.97 Å². The van der Waals surface area contributed by atoms with Gasteiger partial charge in [-0.3, -0.25) is 0 Å². The Balaban J connectivity index is 2.41. The van der Waals surface area contributed by atoms with Crippen LogP contribution in [0.15, 0.2) is 12.3 Å². The molecule has 0 aliphatic rings. The Morgan fingerprint density at radius 3 is 2.56 bits per heavy atom. The molecule has 0 unspecified atom stereocenters. The van der Waals surface area contributed by atoms with Gasteiger partial charge in [-0.2, -0.15) is 5.10 Å². The zero-order valence-corrected chi connectivity index (χ0v) is 10.2. The van der Waals surface area contributed by atoms with Crippen LogP contribution in [0.5, 0.6) is 0 Å². The van der Waals surface area contributed by atoms with E-state index < -0.39 is 5.97 Å². The Labute approximate surface area is 104 Å². The zero-order valence-electron chi connectivity index (χ0n) is 10.2. The van der Waals surface area contributed by atoms with Crippen molar-refractivity contribution in [2.75, 3.05) is 0 Å². The Morgan fingerprint density at radius 1 is 1.28 bits per heavy atom. The number of carbonyl (C=O) groups is 1. The van der Waals surface area contributed by atoms with Gasteiger partial charge in [0, 0.05) is 6.20 Å². The van der Waals surface area contributed by atoms with Crippen molar-refractivity contribution in [3.8, 4) is 5.95 Å². The molecule has 0 aliphatic carbocycles. The fourth-order valence-electron chi connectivity index (χ4n) is 1.57. The van der Waals surface area contributed by atoms with Gasteiger partial charge in [0.1, 0.15) is 0 Å². The van der Waals surface area contributed by atoms with Crippen LogP contribution in [0.4, 0.5) is 0 Å². The highest BCUT2D eigenvalue weighted by molar-refractivity contribution is 5.85. The van der Waals surface area contributed by atoms with Gasteiger partial charge in [-0.1, -0.05) is 13.8 Å². The standard InChI is InChI=1S/C11H13N5O2/c1-3-7-8(4-2)13-14-11(12-7)16-6-5-9(15-16)10(17)18/h5-6H,3-4H2,1-2H3,(H,17,18). The molecular weight excluding hydrogens is 234 g/mol. The molecule has 7 heteroatoms. The Hall–Kier alpha value is -2.31. The maximum atomic E-state index is 10.7. The molecule has 7 nitrogen and oxygen atoms in total. The molecule has 0 atom stereocenters. The molecule has 0 bridgehead atoms. The summed E-state index contributed by atoms with van der Waals surface area (Å²) in [4.78, 5) is 15.1. The summed E-state index contributed by atoms with van der Waals surface area (Å²) in [5.74, 6) is -0.792. The quantitative estimate of drug-likeness (QED) is 0.861. The van der Waals surface area contributed by atoms with E-state index in [0.717, 1.165) is 24.2 Å². The first-order valence-electron chi connectivity index (χ1n) is 5.67. The van der Waals surface area contributed by atoms with Gasteiger partial charge in [0.2, 0.25) is 0 Å². The van der Waals surface area contributed by atoms with Gasteiger partial charge in [0.15, 0.2) is 5.69 Å². The molecule has 2 aromatic heterocycles.